The molecule has 0 spiro atoms. The SMILES string of the molecule is CC(C)(O)CONC(=O)c1ccc(-c2ccc3ncn(Cc4ccc5ncccc5c4)c3n2)cc1Cl. The summed E-state index contributed by atoms with van der Waals surface area (Å²) in [6.45, 7) is 3.72. The van der Waals surface area contributed by atoms with Crippen molar-refractivity contribution in [2.24, 2.45) is 0 Å². The third-order valence-electron chi connectivity index (χ3n) is 5.58. The van der Waals surface area contributed by atoms with E-state index in [-0.39, 0.29) is 17.2 Å². The summed E-state index contributed by atoms with van der Waals surface area (Å²) < 4.78 is 2.00. The van der Waals surface area contributed by atoms with Crippen LogP contribution in [0.3, 0.4) is 0 Å². The maximum absolute atomic E-state index is 12.4. The van der Waals surface area contributed by atoms with Crippen LogP contribution >= 0.6 is 11.6 Å². The number of rotatable bonds is 7. The molecule has 0 aliphatic carbocycles. The Morgan fingerprint density at radius 1 is 1.08 bits per heavy atom. The number of imidazole rings is 1. The number of nitrogens with one attached hydrogen (secondary N) is 1. The van der Waals surface area contributed by atoms with E-state index in [0.717, 1.165) is 33.2 Å². The number of hydroxylamine groups is 1. The van der Waals surface area contributed by atoms with Crippen LogP contribution in [0.4, 0.5) is 0 Å². The standard InChI is InChI=1S/C27H24ClN5O3/c1-27(2,35)15-36-32-26(34)20-7-6-19(13-21(20)28)23-9-10-24-25(31-23)33(16-30-24)14-17-5-8-22-18(12-17)4-3-11-29-22/h3-13,16,35H,14-15H2,1-2H3,(H,32,34). The van der Waals surface area contributed by atoms with Gasteiger partial charge in [0, 0.05) is 17.1 Å². The number of benzene rings is 2. The Balaban J connectivity index is 1.38. The van der Waals surface area contributed by atoms with Gasteiger partial charge in [0.2, 0.25) is 0 Å². The number of hydrogen-bond acceptors (Lipinski definition) is 6. The number of carbonyl (C=O) groups is 1. The van der Waals surface area contributed by atoms with Crippen molar-refractivity contribution in [1.82, 2.24) is 25.0 Å². The molecule has 0 aliphatic rings. The number of hydrogen-bond donors (Lipinski definition) is 2. The van der Waals surface area contributed by atoms with E-state index in [2.05, 4.69) is 27.6 Å². The first kappa shape index (κ1) is 23.9. The van der Waals surface area contributed by atoms with Crippen LogP contribution in [0.15, 0.2) is 73.2 Å². The zero-order valence-electron chi connectivity index (χ0n) is 19.8. The molecule has 3 heterocycles. The van der Waals surface area contributed by atoms with Crippen LogP contribution in [0.1, 0.15) is 29.8 Å². The molecule has 0 fully saturated rings. The molecule has 0 radical (unpaired) electrons. The van der Waals surface area contributed by atoms with Gasteiger partial charge < -0.3 is 9.67 Å². The molecule has 5 aromatic rings. The largest absolute Gasteiger partial charge is 0.388 e. The van der Waals surface area contributed by atoms with Crippen molar-refractivity contribution in [3.63, 3.8) is 0 Å². The quantitative estimate of drug-likeness (QED) is 0.311. The second kappa shape index (κ2) is 9.66. The van der Waals surface area contributed by atoms with Gasteiger partial charge in [0.15, 0.2) is 5.65 Å². The maximum atomic E-state index is 12.4. The summed E-state index contributed by atoms with van der Waals surface area (Å²) in [6.07, 6.45) is 3.57. The van der Waals surface area contributed by atoms with E-state index in [0.29, 0.717) is 12.2 Å². The van der Waals surface area contributed by atoms with Crippen molar-refractivity contribution in [3.05, 3.63) is 89.3 Å². The van der Waals surface area contributed by atoms with Gasteiger partial charge in [-0.15, -0.1) is 0 Å². The molecule has 0 saturated heterocycles. The van der Waals surface area contributed by atoms with Crippen molar-refractivity contribution in [1.29, 1.82) is 0 Å². The number of aliphatic hydroxyl groups is 1. The van der Waals surface area contributed by atoms with Crippen molar-refractivity contribution >= 4 is 39.6 Å². The summed E-state index contributed by atoms with van der Waals surface area (Å²) >= 11 is 6.41. The molecular weight excluding hydrogens is 478 g/mol. The number of fused-ring (bicyclic) bond motifs is 2. The Hall–Kier alpha value is -3.85. The first-order chi connectivity index (χ1) is 17.3. The molecular formula is C27H24ClN5O3. The molecule has 3 aromatic heterocycles. The van der Waals surface area contributed by atoms with E-state index < -0.39 is 11.5 Å². The number of carbonyl (C=O) groups excluding carboxylic acids is 1. The highest BCUT2D eigenvalue weighted by atomic mass is 35.5. The van der Waals surface area contributed by atoms with Crippen LogP contribution in [-0.4, -0.2) is 42.7 Å². The first-order valence-electron chi connectivity index (χ1n) is 11.4. The lowest BCUT2D eigenvalue weighted by molar-refractivity contribution is -0.0522. The number of nitrogens with zero attached hydrogens (tertiary/aromatic N) is 4. The molecule has 0 saturated carbocycles. The predicted molar refractivity (Wildman–Crippen MR) is 139 cm³/mol. The van der Waals surface area contributed by atoms with Gasteiger partial charge in [-0.3, -0.25) is 14.6 Å². The number of pyridine rings is 2. The Kier molecular flexibility index (Phi) is 6.40. The molecule has 0 atom stereocenters. The lowest BCUT2D eigenvalue weighted by Crippen LogP contribution is -2.33. The van der Waals surface area contributed by atoms with Crippen LogP contribution < -0.4 is 5.48 Å². The highest BCUT2D eigenvalue weighted by molar-refractivity contribution is 6.34. The van der Waals surface area contributed by atoms with Crippen LogP contribution in [0.25, 0.3) is 33.3 Å². The summed E-state index contributed by atoms with van der Waals surface area (Å²) in [5.41, 5.74) is 6.57. The molecule has 2 aromatic carbocycles. The average Bonchev–Trinajstić information content (AvgIpc) is 3.25. The van der Waals surface area contributed by atoms with Crippen LogP contribution in [0, 0.1) is 0 Å². The van der Waals surface area contributed by atoms with Crippen molar-refractivity contribution in [2.75, 3.05) is 6.61 Å². The molecule has 8 nitrogen and oxygen atoms in total. The van der Waals surface area contributed by atoms with Gasteiger partial charge in [-0.1, -0.05) is 29.8 Å². The third-order valence-corrected chi connectivity index (χ3v) is 5.90. The van der Waals surface area contributed by atoms with Gasteiger partial charge in [-0.05, 0) is 61.9 Å². The van der Waals surface area contributed by atoms with Gasteiger partial charge in [0.1, 0.15) is 12.1 Å². The number of aromatic nitrogens is 4. The topological polar surface area (TPSA) is 102 Å². The lowest BCUT2D eigenvalue weighted by Gasteiger charge is -2.16. The van der Waals surface area contributed by atoms with E-state index in [1.165, 1.54) is 0 Å². The Labute approximate surface area is 212 Å². The molecule has 0 bridgehead atoms. The fourth-order valence-corrected chi connectivity index (χ4v) is 4.09. The normalized spacial score (nSPS) is 11.8. The molecule has 2 N–H and O–H groups in total. The summed E-state index contributed by atoms with van der Waals surface area (Å²) in [5, 5.41) is 11.0. The zero-order chi connectivity index (χ0) is 25.3. The van der Waals surface area contributed by atoms with Crippen molar-refractivity contribution in [3.8, 4) is 11.3 Å². The molecule has 1 amide bonds. The second-order valence-corrected chi connectivity index (χ2v) is 9.58. The van der Waals surface area contributed by atoms with E-state index in [9.17, 15) is 9.90 Å². The maximum Gasteiger partial charge on any atom is 0.276 e. The average molecular weight is 502 g/mol. The smallest absolute Gasteiger partial charge is 0.276 e. The van der Waals surface area contributed by atoms with Gasteiger partial charge >= 0.3 is 0 Å². The number of amides is 1. The lowest BCUT2D eigenvalue weighted by atomic mass is 10.1. The van der Waals surface area contributed by atoms with Gasteiger partial charge in [0.05, 0.1) is 40.3 Å². The molecule has 9 heteroatoms. The Morgan fingerprint density at radius 3 is 2.72 bits per heavy atom. The highest BCUT2D eigenvalue weighted by Gasteiger charge is 2.16. The number of halogens is 1. The Morgan fingerprint density at radius 2 is 1.92 bits per heavy atom. The summed E-state index contributed by atoms with van der Waals surface area (Å²) in [7, 11) is 0. The first-order valence-corrected chi connectivity index (χ1v) is 11.7. The zero-order valence-corrected chi connectivity index (χ0v) is 20.5. The van der Waals surface area contributed by atoms with Crippen LogP contribution in [0.5, 0.6) is 0 Å². The van der Waals surface area contributed by atoms with Gasteiger partial charge in [-0.25, -0.2) is 15.4 Å². The van der Waals surface area contributed by atoms with Gasteiger partial charge in [-0.2, -0.15) is 0 Å². The fraction of sp³-hybridized carbons (Fsp3) is 0.185. The molecule has 0 aliphatic heterocycles. The molecule has 36 heavy (non-hydrogen) atoms. The minimum atomic E-state index is -1.07. The van der Waals surface area contributed by atoms with E-state index in [4.69, 9.17) is 21.4 Å². The highest BCUT2D eigenvalue weighted by Crippen LogP contribution is 2.26. The van der Waals surface area contributed by atoms with E-state index in [1.807, 2.05) is 34.9 Å². The Bertz CT molecular complexity index is 1580. The minimum Gasteiger partial charge on any atom is -0.388 e. The van der Waals surface area contributed by atoms with E-state index >= 15 is 0 Å². The second-order valence-electron chi connectivity index (χ2n) is 9.17. The monoisotopic (exact) mass is 501 g/mol. The van der Waals surface area contributed by atoms with E-state index in [1.54, 1.807) is 44.6 Å². The summed E-state index contributed by atoms with van der Waals surface area (Å²) in [4.78, 5) is 31.2. The molecule has 182 valence electrons. The van der Waals surface area contributed by atoms with Crippen LogP contribution in [-0.2, 0) is 11.4 Å². The molecule has 0 unspecified atom stereocenters. The third kappa shape index (κ3) is 5.21. The van der Waals surface area contributed by atoms with Crippen molar-refractivity contribution in [2.45, 2.75) is 26.0 Å². The van der Waals surface area contributed by atoms with Crippen LogP contribution in [0.2, 0.25) is 5.02 Å². The fourth-order valence-electron chi connectivity index (χ4n) is 3.83. The molecule has 5 rings (SSSR count). The predicted octanol–water partition coefficient (Wildman–Crippen LogP) is 4.78. The minimum absolute atomic E-state index is 0.0534. The summed E-state index contributed by atoms with van der Waals surface area (Å²) in [5.74, 6) is -0.497. The van der Waals surface area contributed by atoms with Crippen molar-refractivity contribution < 1.29 is 14.7 Å². The van der Waals surface area contributed by atoms with Gasteiger partial charge in [0.25, 0.3) is 5.91 Å². The summed E-state index contributed by atoms with van der Waals surface area (Å²) in [6, 6.07) is 19.0.